The summed E-state index contributed by atoms with van der Waals surface area (Å²) in [5, 5.41) is 4.17. The molecule has 0 aliphatic heterocycles. The van der Waals surface area contributed by atoms with Gasteiger partial charge < -0.3 is 5.32 Å². The lowest BCUT2D eigenvalue weighted by Gasteiger charge is -2.23. The lowest BCUT2D eigenvalue weighted by atomic mass is 9.94. The van der Waals surface area contributed by atoms with E-state index in [9.17, 15) is 4.39 Å². The zero-order valence-electron chi connectivity index (χ0n) is 12.1. The summed E-state index contributed by atoms with van der Waals surface area (Å²) in [5.41, 5.74) is 3.07. The summed E-state index contributed by atoms with van der Waals surface area (Å²) in [7, 11) is 0. The molecule has 0 aliphatic rings. The molecule has 0 radical (unpaired) electrons. The van der Waals surface area contributed by atoms with Crippen LogP contribution < -0.4 is 5.32 Å². The van der Waals surface area contributed by atoms with E-state index in [1.54, 1.807) is 6.07 Å². The van der Waals surface area contributed by atoms with E-state index >= 15 is 0 Å². The molecule has 112 valence electrons. The summed E-state index contributed by atoms with van der Waals surface area (Å²) in [4.78, 5) is 0. The second-order valence-corrected chi connectivity index (χ2v) is 6.34. The average molecular weight is 371 g/mol. The molecule has 0 saturated carbocycles. The topological polar surface area (TPSA) is 12.0 Å². The second-order valence-electron chi connectivity index (χ2n) is 5.05. The number of hydrogen-bond acceptors (Lipinski definition) is 1. The summed E-state index contributed by atoms with van der Waals surface area (Å²) in [6.45, 7) is 4.97. The summed E-state index contributed by atoms with van der Waals surface area (Å²) < 4.78 is 14.6. The number of rotatable bonds is 5. The molecule has 0 aliphatic carbocycles. The van der Waals surface area contributed by atoms with Gasteiger partial charge >= 0.3 is 0 Å². The first kappa shape index (κ1) is 16.5. The molecule has 0 saturated heterocycles. The van der Waals surface area contributed by atoms with Crippen molar-refractivity contribution in [2.45, 2.75) is 26.3 Å². The Bertz CT molecular complexity index is 630. The molecular weight excluding hydrogens is 353 g/mol. The van der Waals surface area contributed by atoms with Gasteiger partial charge in [-0.1, -0.05) is 46.6 Å². The molecule has 0 spiro atoms. The van der Waals surface area contributed by atoms with Gasteiger partial charge in [0.1, 0.15) is 5.82 Å². The smallest absolute Gasteiger partial charge is 0.123 e. The summed E-state index contributed by atoms with van der Waals surface area (Å²) in [5.74, 6) is -0.219. The van der Waals surface area contributed by atoms with Crippen molar-refractivity contribution < 1.29 is 4.39 Å². The van der Waals surface area contributed by atoms with Crippen molar-refractivity contribution in [1.82, 2.24) is 5.32 Å². The Morgan fingerprint density at radius 1 is 1.19 bits per heavy atom. The fraction of sp³-hybridized carbons (Fsp3) is 0.294. The monoisotopic (exact) mass is 369 g/mol. The maximum absolute atomic E-state index is 13.6. The normalized spacial score (nSPS) is 12.4. The van der Waals surface area contributed by atoms with Crippen LogP contribution in [0.2, 0.25) is 5.02 Å². The van der Waals surface area contributed by atoms with Crippen molar-refractivity contribution in [2.24, 2.45) is 0 Å². The standard InChI is InChI=1S/C17H18BrClFN/c1-3-8-21-17(14-7-5-12(19)9-16(14)18)15-10-13(20)6-4-11(15)2/h4-7,9-10,17,21H,3,8H2,1-2H3. The van der Waals surface area contributed by atoms with E-state index in [0.29, 0.717) is 5.02 Å². The van der Waals surface area contributed by atoms with Crippen LogP contribution >= 0.6 is 27.5 Å². The van der Waals surface area contributed by atoms with Crippen LogP contribution in [-0.4, -0.2) is 6.54 Å². The molecule has 0 fully saturated rings. The molecule has 2 rings (SSSR count). The molecule has 2 aromatic carbocycles. The SMILES string of the molecule is CCCNC(c1cc(F)ccc1C)c1ccc(Cl)cc1Br. The van der Waals surface area contributed by atoms with Crippen LogP contribution in [0.1, 0.15) is 36.1 Å². The minimum atomic E-state index is -0.219. The van der Waals surface area contributed by atoms with Crippen molar-refractivity contribution in [3.05, 3.63) is 68.4 Å². The van der Waals surface area contributed by atoms with E-state index in [1.807, 2.05) is 31.2 Å². The first-order valence-electron chi connectivity index (χ1n) is 6.97. The third-order valence-electron chi connectivity index (χ3n) is 3.42. The highest BCUT2D eigenvalue weighted by atomic mass is 79.9. The highest BCUT2D eigenvalue weighted by Gasteiger charge is 2.18. The Morgan fingerprint density at radius 3 is 2.62 bits per heavy atom. The number of aryl methyl sites for hydroxylation is 1. The van der Waals surface area contributed by atoms with Gasteiger partial charge in [0.15, 0.2) is 0 Å². The molecule has 1 N–H and O–H groups in total. The van der Waals surface area contributed by atoms with Crippen LogP contribution in [0.5, 0.6) is 0 Å². The predicted molar refractivity (Wildman–Crippen MR) is 90.4 cm³/mol. The first-order valence-corrected chi connectivity index (χ1v) is 8.14. The molecule has 1 unspecified atom stereocenters. The largest absolute Gasteiger partial charge is 0.306 e. The highest BCUT2D eigenvalue weighted by molar-refractivity contribution is 9.10. The van der Waals surface area contributed by atoms with Crippen LogP contribution in [0.15, 0.2) is 40.9 Å². The molecule has 0 heterocycles. The maximum atomic E-state index is 13.6. The van der Waals surface area contributed by atoms with Crippen molar-refractivity contribution >= 4 is 27.5 Å². The number of benzene rings is 2. The molecule has 1 nitrogen and oxygen atoms in total. The summed E-state index contributed by atoms with van der Waals surface area (Å²) >= 11 is 9.58. The van der Waals surface area contributed by atoms with E-state index in [-0.39, 0.29) is 11.9 Å². The van der Waals surface area contributed by atoms with Gasteiger partial charge in [0.2, 0.25) is 0 Å². The highest BCUT2D eigenvalue weighted by Crippen LogP contribution is 2.32. The van der Waals surface area contributed by atoms with E-state index in [2.05, 4.69) is 28.2 Å². The third kappa shape index (κ3) is 4.06. The lowest BCUT2D eigenvalue weighted by Crippen LogP contribution is -2.24. The van der Waals surface area contributed by atoms with Gasteiger partial charge in [-0.15, -0.1) is 0 Å². The minimum absolute atomic E-state index is 0.0627. The minimum Gasteiger partial charge on any atom is -0.306 e. The van der Waals surface area contributed by atoms with Crippen LogP contribution in [0.4, 0.5) is 4.39 Å². The zero-order valence-corrected chi connectivity index (χ0v) is 14.4. The van der Waals surface area contributed by atoms with Crippen LogP contribution in [-0.2, 0) is 0 Å². The predicted octanol–water partition coefficient (Wildman–Crippen LogP) is 5.64. The number of hydrogen-bond donors (Lipinski definition) is 1. The van der Waals surface area contributed by atoms with Gasteiger partial charge in [-0.25, -0.2) is 4.39 Å². The maximum Gasteiger partial charge on any atom is 0.123 e. The van der Waals surface area contributed by atoms with E-state index in [0.717, 1.165) is 34.1 Å². The Labute approximate surface area is 138 Å². The van der Waals surface area contributed by atoms with Gasteiger partial charge in [-0.2, -0.15) is 0 Å². The molecule has 0 amide bonds. The Morgan fingerprint density at radius 2 is 1.95 bits per heavy atom. The van der Waals surface area contributed by atoms with Gasteiger partial charge in [0.25, 0.3) is 0 Å². The van der Waals surface area contributed by atoms with Crippen molar-refractivity contribution in [3.63, 3.8) is 0 Å². The quantitative estimate of drug-likeness (QED) is 0.718. The van der Waals surface area contributed by atoms with Gasteiger partial charge in [0, 0.05) is 9.50 Å². The number of nitrogens with one attached hydrogen (secondary N) is 1. The van der Waals surface area contributed by atoms with Crippen LogP contribution in [0.25, 0.3) is 0 Å². The molecule has 1 atom stereocenters. The van der Waals surface area contributed by atoms with Crippen molar-refractivity contribution in [1.29, 1.82) is 0 Å². The van der Waals surface area contributed by atoms with Gasteiger partial charge in [-0.3, -0.25) is 0 Å². The molecule has 2 aromatic rings. The Kier molecular flexibility index (Phi) is 5.80. The van der Waals surface area contributed by atoms with E-state index < -0.39 is 0 Å². The van der Waals surface area contributed by atoms with Crippen molar-refractivity contribution in [3.8, 4) is 0 Å². The Balaban J connectivity index is 2.49. The van der Waals surface area contributed by atoms with E-state index in [4.69, 9.17) is 11.6 Å². The number of halogens is 3. The van der Waals surface area contributed by atoms with E-state index in [1.165, 1.54) is 6.07 Å². The van der Waals surface area contributed by atoms with Crippen LogP contribution in [0.3, 0.4) is 0 Å². The van der Waals surface area contributed by atoms with Gasteiger partial charge in [-0.05, 0) is 60.8 Å². The fourth-order valence-corrected chi connectivity index (χ4v) is 3.25. The zero-order chi connectivity index (χ0) is 15.4. The average Bonchev–Trinajstić information content (AvgIpc) is 2.44. The van der Waals surface area contributed by atoms with Gasteiger partial charge in [0.05, 0.1) is 6.04 Å². The van der Waals surface area contributed by atoms with Crippen molar-refractivity contribution in [2.75, 3.05) is 6.54 Å². The fourth-order valence-electron chi connectivity index (χ4n) is 2.33. The van der Waals surface area contributed by atoms with Crippen LogP contribution in [0, 0.1) is 12.7 Å². The third-order valence-corrected chi connectivity index (χ3v) is 4.35. The Hall–Kier alpha value is -0.900. The summed E-state index contributed by atoms with van der Waals surface area (Å²) in [6.07, 6.45) is 1.01. The second kappa shape index (κ2) is 7.39. The molecule has 21 heavy (non-hydrogen) atoms. The molecular formula is C17H18BrClFN. The molecule has 0 bridgehead atoms. The lowest BCUT2D eigenvalue weighted by molar-refractivity contribution is 0.581. The summed E-state index contributed by atoms with van der Waals surface area (Å²) in [6, 6.07) is 10.5. The molecule has 0 aromatic heterocycles. The first-order chi connectivity index (χ1) is 10.0. The molecule has 4 heteroatoms.